The third kappa shape index (κ3) is 3.74. The van der Waals surface area contributed by atoms with Crippen molar-refractivity contribution < 1.29 is 9.47 Å². The van der Waals surface area contributed by atoms with E-state index in [0.717, 1.165) is 37.5 Å². The number of ether oxygens (including phenoxy) is 2. The van der Waals surface area contributed by atoms with Crippen LogP contribution < -0.4 is 10.5 Å². The highest BCUT2D eigenvalue weighted by atomic mass is 16.5. The van der Waals surface area contributed by atoms with Gasteiger partial charge in [-0.1, -0.05) is 19.9 Å². The molecule has 0 amide bonds. The number of rotatable bonds is 6. The second kappa shape index (κ2) is 7.09. The molecule has 2 N–H and O–H groups in total. The van der Waals surface area contributed by atoms with E-state index in [1.54, 1.807) is 7.11 Å². The molecule has 2 rings (SSSR count). The Morgan fingerprint density at radius 3 is 2.85 bits per heavy atom. The van der Waals surface area contributed by atoms with Crippen LogP contribution in [0.5, 0.6) is 5.75 Å². The first-order chi connectivity index (χ1) is 9.61. The van der Waals surface area contributed by atoms with Gasteiger partial charge in [0.2, 0.25) is 0 Å². The fourth-order valence-electron chi connectivity index (χ4n) is 2.84. The summed E-state index contributed by atoms with van der Waals surface area (Å²) in [4.78, 5) is 0. The van der Waals surface area contributed by atoms with Crippen LogP contribution in [0.3, 0.4) is 0 Å². The normalized spacial score (nSPS) is 21.9. The molecule has 0 saturated carbocycles. The van der Waals surface area contributed by atoms with Gasteiger partial charge in [-0.15, -0.1) is 0 Å². The summed E-state index contributed by atoms with van der Waals surface area (Å²) >= 11 is 0. The molecule has 3 heteroatoms. The largest absolute Gasteiger partial charge is 0.497 e. The van der Waals surface area contributed by atoms with Crippen molar-refractivity contribution in [1.29, 1.82) is 0 Å². The maximum Gasteiger partial charge on any atom is 0.119 e. The molecule has 2 unspecified atom stereocenters. The second-order valence-electron chi connectivity index (χ2n) is 6.07. The van der Waals surface area contributed by atoms with Gasteiger partial charge >= 0.3 is 0 Å². The molecule has 0 fully saturated rings. The fraction of sp³-hybridized carbons (Fsp3) is 0.647. The monoisotopic (exact) mass is 277 g/mol. The smallest absolute Gasteiger partial charge is 0.119 e. The molecule has 20 heavy (non-hydrogen) atoms. The molecule has 1 aromatic rings. The van der Waals surface area contributed by atoms with Gasteiger partial charge in [-0.05, 0) is 54.9 Å². The Labute approximate surface area is 122 Å². The zero-order valence-corrected chi connectivity index (χ0v) is 12.9. The Bertz CT molecular complexity index is 431. The van der Waals surface area contributed by atoms with E-state index in [2.05, 4.69) is 26.0 Å². The van der Waals surface area contributed by atoms with Crippen molar-refractivity contribution in [2.75, 3.05) is 13.7 Å². The van der Waals surface area contributed by atoms with Gasteiger partial charge < -0.3 is 15.2 Å². The van der Waals surface area contributed by atoms with Crippen molar-refractivity contribution in [1.82, 2.24) is 0 Å². The Hall–Kier alpha value is -1.06. The molecule has 0 aromatic heterocycles. The maximum atomic E-state index is 6.36. The van der Waals surface area contributed by atoms with Gasteiger partial charge in [0.25, 0.3) is 0 Å². The number of benzene rings is 1. The van der Waals surface area contributed by atoms with Crippen molar-refractivity contribution in [3.8, 4) is 5.75 Å². The van der Waals surface area contributed by atoms with Gasteiger partial charge in [0.05, 0.1) is 19.3 Å². The van der Waals surface area contributed by atoms with Crippen LogP contribution in [-0.4, -0.2) is 19.8 Å². The summed E-state index contributed by atoms with van der Waals surface area (Å²) in [5.74, 6) is 1.65. The minimum atomic E-state index is -0.0105. The number of fused-ring (bicyclic) bond motifs is 1. The summed E-state index contributed by atoms with van der Waals surface area (Å²) in [6, 6.07) is 6.16. The van der Waals surface area contributed by atoms with Crippen molar-refractivity contribution in [3.05, 3.63) is 29.3 Å². The van der Waals surface area contributed by atoms with E-state index in [4.69, 9.17) is 15.2 Å². The van der Waals surface area contributed by atoms with Crippen LogP contribution in [0, 0.1) is 5.92 Å². The summed E-state index contributed by atoms with van der Waals surface area (Å²) in [5, 5.41) is 0. The lowest BCUT2D eigenvalue weighted by molar-refractivity contribution is 0.0221. The topological polar surface area (TPSA) is 44.5 Å². The SMILES string of the molecule is COc1ccc2c(c1)CCC(OCCCC(C)C)C2N. The molecule has 0 saturated heterocycles. The van der Waals surface area contributed by atoms with Gasteiger partial charge in [-0.3, -0.25) is 0 Å². The standard InChI is InChI=1S/C17H27NO2/c1-12(2)5-4-10-20-16-9-6-13-11-14(19-3)7-8-15(13)17(16)18/h7-8,11-12,16-17H,4-6,9-10,18H2,1-3H3. The van der Waals surface area contributed by atoms with Gasteiger partial charge in [-0.25, -0.2) is 0 Å². The maximum absolute atomic E-state index is 6.36. The van der Waals surface area contributed by atoms with Crippen LogP contribution in [0.1, 0.15) is 50.3 Å². The Morgan fingerprint density at radius 2 is 2.15 bits per heavy atom. The number of hydrogen-bond donors (Lipinski definition) is 1. The molecule has 3 nitrogen and oxygen atoms in total. The third-order valence-electron chi connectivity index (χ3n) is 4.07. The highest BCUT2D eigenvalue weighted by Crippen LogP contribution is 2.32. The zero-order valence-electron chi connectivity index (χ0n) is 12.9. The van der Waals surface area contributed by atoms with Gasteiger partial charge in [0, 0.05) is 6.61 Å². The molecule has 2 atom stereocenters. The summed E-state index contributed by atoms with van der Waals surface area (Å²) in [7, 11) is 1.70. The summed E-state index contributed by atoms with van der Waals surface area (Å²) in [6.45, 7) is 5.31. The third-order valence-corrected chi connectivity index (χ3v) is 4.07. The summed E-state index contributed by atoms with van der Waals surface area (Å²) in [6.07, 6.45) is 4.52. The summed E-state index contributed by atoms with van der Waals surface area (Å²) in [5.41, 5.74) is 8.88. The predicted octanol–water partition coefficient (Wildman–Crippen LogP) is 3.46. The molecule has 0 aliphatic heterocycles. The Kier molecular flexibility index (Phi) is 5.44. The van der Waals surface area contributed by atoms with Gasteiger partial charge in [-0.2, -0.15) is 0 Å². The van der Waals surface area contributed by atoms with E-state index in [1.165, 1.54) is 17.5 Å². The predicted molar refractivity (Wildman–Crippen MR) is 82.1 cm³/mol. The summed E-state index contributed by atoms with van der Waals surface area (Å²) < 4.78 is 11.3. The number of aryl methyl sites for hydroxylation is 1. The van der Waals surface area contributed by atoms with Crippen molar-refractivity contribution >= 4 is 0 Å². The molecule has 0 radical (unpaired) electrons. The van der Waals surface area contributed by atoms with Crippen LogP contribution >= 0.6 is 0 Å². The quantitative estimate of drug-likeness (QED) is 0.810. The number of nitrogens with two attached hydrogens (primary N) is 1. The molecule has 112 valence electrons. The number of methoxy groups -OCH3 is 1. The van der Waals surface area contributed by atoms with Crippen molar-refractivity contribution in [3.63, 3.8) is 0 Å². The van der Waals surface area contributed by atoms with Crippen LogP contribution in [0.4, 0.5) is 0 Å². The van der Waals surface area contributed by atoms with E-state index in [9.17, 15) is 0 Å². The van der Waals surface area contributed by atoms with Crippen molar-refractivity contribution in [2.24, 2.45) is 11.7 Å². The highest BCUT2D eigenvalue weighted by molar-refractivity contribution is 5.39. The fourth-order valence-corrected chi connectivity index (χ4v) is 2.84. The van der Waals surface area contributed by atoms with E-state index >= 15 is 0 Å². The molecular weight excluding hydrogens is 250 g/mol. The van der Waals surface area contributed by atoms with E-state index in [1.807, 2.05) is 6.07 Å². The second-order valence-corrected chi connectivity index (χ2v) is 6.07. The highest BCUT2D eigenvalue weighted by Gasteiger charge is 2.27. The van der Waals surface area contributed by atoms with Crippen LogP contribution in [0.15, 0.2) is 18.2 Å². The van der Waals surface area contributed by atoms with E-state index < -0.39 is 0 Å². The van der Waals surface area contributed by atoms with Crippen LogP contribution in [0.25, 0.3) is 0 Å². The molecule has 0 spiro atoms. The number of hydrogen-bond acceptors (Lipinski definition) is 3. The van der Waals surface area contributed by atoms with E-state index in [-0.39, 0.29) is 12.1 Å². The first kappa shape index (κ1) is 15.3. The van der Waals surface area contributed by atoms with Gasteiger partial charge in [0.1, 0.15) is 5.75 Å². The Balaban J connectivity index is 1.92. The zero-order chi connectivity index (χ0) is 14.5. The first-order valence-corrected chi connectivity index (χ1v) is 7.65. The Morgan fingerprint density at radius 1 is 1.35 bits per heavy atom. The lowest BCUT2D eigenvalue weighted by atomic mass is 9.86. The average molecular weight is 277 g/mol. The minimum absolute atomic E-state index is 0.0105. The molecular formula is C17H27NO2. The first-order valence-electron chi connectivity index (χ1n) is 7.65. The van der Waals surface area contributed by atoms with E-state index in [0.29, 0.717) is 0 Å². The average Bonchev–Trinajstić information content (AvgIpc) is 2.45. The lowest BCUT2D eigenvalue weighted by Crippen LogP contribution is -2.34. The van der Waals surface area contributed by atoms with Crippen molar-refractivity contribution in [2.45, 2.75) is 51.7 Å². The molecule has 0 heterocycles. The van der Waals surface area contributed by atoms with Crippen LogP contribution in [-0.2, 0) is 11.2 Å². The molecule has 1 aromatic carbocycles. The molecule has 1 aliphatic carbocycles. The molecule has 1 aliphatic rings. The lowest BCUT2D eigenvalue weighted by Gasteiger charge is -2.31. The minimum Gasteiger partial charge on any atom is -0.497 e. The molecule has 0 bridgehead atoms. The van der Waals surface area contributed by atoms with Gasteiger partial charge in [0.15, 0.2) is 0 Å². The van der Waals surface area contributed by atoms with Crippen LogP contribution in [0.2, 0.25) is 0 Å².